The molecule has 0 amide bonds. The second-order valence-corrected chi connectivity index (χ2v) is 5.51. The second kappa shape index (κ2) is 6.11. The van der Waals surface area contributed by atoms with Crippen LogP contribution in [0.4, 0.5) is 5.82 Å². The summed E-state index contributed by atoms with van der Waals surface area (Å²) in [5, 5.41) is 4.49. The summed E-state index contributed by atoms with van der Waals surface area (Å²) in [7, 11) is 0. The van der Waals surface area contributed by atoms with Gasteiger partial charge in [-0.05, 0) is 25.3 Å². The van der Waals surface area contributed by atoms with Gasteiger partial charge in [0, 0.05) is 17.5 Å². The Bertz CT molecular complexity index is 509. The normalized spacial score (nSPS) is 12.8. The minimum absolute atomic E-state index is 0.267. The van der Waals surface area contributed by atoms with Gasteiger partial charge in [0.1, 0.15) is 17.0 Å². The molecule has 98 valence electrons. The number of rotatable bonds is 6. The van der Waals surface area contributed by atoms with Gasteiger partial charge in [-0.3, -0.25) is 0 Å². The van der Waals surface area contributed by atoms with Crippen LogP contribution in [-0.4, -0.2) is 22.6 Å². The zero-order valence-electron chi connectivity index (χ0n) is 10.9. The van der Waals surface area contributed by atoms with Gasteiger partial charge < -0.3 is 11.1 Å². The average molecular weight is 264 g/mol. The first-order chi connectivity index (χ1) is 8.74. The number of anilines is 1. The fourth-order valence-electron chi connectivity index (χ4n) is 1.80. The van der Waals surface area contributed by atoms with Crippen molar-refractivity contribution in [1.82, 2.24) is 9.97 Å². The van der Waals surface area contributed by atoms with Gasteiger partial charge in [-0.2, -0.15) is 0 Å². The molecule has 0 radical (unpaired) electrons. The van der Waals surface area contributed by atoms with Crippen LogP contribution in [0.1, 0.15) is 31.6 Å². The molecule has 0 aliphatic rings. The van der Waals surface area contributed by atoms with E-state index in [-0.39, 0.29) is 6.04 Å². The highest BCUT2D eigenvalue weighted by molar-refractivity contribution is 7.18. The maximum absolute atomic E-state index is 5.90. The number of aryl methyl sites for hydroxylation is 1. The lowest BCUT2D eigenvalue weighted by Gasteiger charge is -2.10. The lowest BCUT2D eigenvalue weighted by atomic mass is 10.2. The van der Waals surface area contributed by atoms with E-state index >= 15 is 0 Å². The highest BCUT2D eigenvalue weighted by Crippen LogP contribution is 2.28. The molecule has 0 aliphatic carbocycles. The molecule has 1 unspecified atom stereocenters. The molecular weight excluding hydrogens is 244 g/mol. The van der Waals surface area contributed by atoms with E-state index in [4.69, 9.17) is 5.73 Å². The van der Waals surface area contributed by atoms with Crippen LogP contribution in [0.3, 0.4) is 0 Å². The van der Waals surface area contributed by atoms with Crippen LogP contribution >= 0.6 is 11.3 Å². The van der Waals surface area contributed by atoms with E-state index in [0.29, 0.717) is 0 Å². The fourth-order valence-corrected chi connectivity index (χ4v) is 2.74. The highest BCUT2D eigenvalue weighted by Gasteiger charge is 2.07. The van der Waals surface area contributed by atoms with Gasteiger partial charge in [0.25, 0.3) is 0 Å². The highest BCUT2D eigenvalue weighted by atomic mass is 32.1. The maximum atomic E-state index is 5.90. The van der Waals surface area contributed by atoms with E-state index in [1.807, 2.05) is 0 Å². The van der Waals surface area contributed by atoms with Crippen molar-refractivity contribution < 1.29 is 0 Å². The van der Waals surface area contributed by atoms with E-state index in [0.717, 1.165) is 41.8 Å². The predicted molar refractivity (Wildman–Crippen MR) is 78.2 cm³/mol. The van der Waals surface area contributed by atoms with E-state index in [1.54, 1.807) is 17.7 Å². The molecular formula is C13H20N4S. The molecule has 2 rings (SSSR count). The molecule has 0 aromatic carbocycles. The number of hydrogen-bond acceptors (Lipinski definition) is 5. The molecule has 1 atom stereocenters. The molecule has 4 nitrogen and oxygen atoms in total. The SMILES string of the molecule is CCc1cc2c(NCCC(N)CC)ncnc2s1. The summed E-state index contributed by atoms with van der Waals surface area (Å²) in [6.07, 6.45) is 4.65. The summed E-state index contributed by atoms with van der Waals surface area (Å²) in [6.45, 7) is 5.13. The van der Waals surface area contributed by atoms with Crippen molar-refractivity contribution in [3.05, 3.63) is 17.3 Å². The van der Waals surface area contributed by atoms with Gasteiger partial charge >= 0.3 is 0 Å². The lowest BCUT2D eigenvalue weighted by Crippen LogP contribution is -2.22. The summed E-state index contributed by atoms with van der Waals surface area (Å²) in [6, 6.07) is 2.45. The number of nitrogens with zero attached hydrogens (tertiary/aromatic N) is 2. The van der Waals surface area contributed by atoms with Gasteiger partial charge in [-0.25, -0.2) is 9.97 Å². The Morgan fingerprint density at radius 1 is 1.39 bits per heavy atom. The van der Waals surface area contributed by atoms with E-state index in [1.165, 1.54) is 4.88 Å². The van der Waals surface area contributed by atoms with Crippen LogP contribution < -0.4 is 11.1 Å². The zero-order valence-corrected chi connectivity index (χ0v) is 11.8. The first-order valence-electron chi connectivity index (χ1n) is 6.47. The Kier molecular flexibility index (Phi) is 4.49. The van der Waals surface area contributed by atoms with Crippen LogP contribution in [0, 0.1) is 0 Å². The number of nitrogens with one attached hydrogen (secondary N) is 1. The van der Waals surface area contributed by atoms with Crippen LogP contribution in [0.5, 0.6) is 0 Å². The van der Waals surface area contributed by atoms with Crippen LogP contribution in [0.25, 0.3) is 10.2 Å². The molecule has 2 heterocycles. The van der Waals surface area contributed by atoms with Crippen molar-refractivity contribution in [1.29, 1.82) is 0 Å². The van der Waals surface area contributed by atoms with Gasteiger partial charge in [0.05, 0.1) is 5.39 Å². The molecule has 3 N–H and O–H groups in total. The third-order valence-electron chi connectivity index (χ3n) is 3.06. The van der Waals surface area contributed by atoms with Crippen molar-refractivity contribution >= 4 is 27.4 Å². The Hall–Kier alpha value is -1.20. The van der Waals surface area contributed by atoms with Gasteiger partial charge in [0.2, 0.25) is 0 Å². The van der Waals surface area contributed by atoms with Gasteiger partial charge in [0.15, 0.2) is 0 Å². The monoisotopic (exact) mass is 264 g/mol. The van der Waals surface area contributed by atoms with Crippen LogP contribution in [-0.2, 0) is 6.42 Å². The Balaban J connectivity index is 2.10. The minimum atomic E-state index is 0.267. The first-order valence-corrected chi connectivity index (χ1v) is 7.29. The molecule has 2 aromatic heterocycles. The smallest absolute Gasteiger partial charge is 0.138 e. The number of hydrogen-bond donors (Lipinski definition) is 2. The van der Waals surface area contributed by atoms with Crippen molar-refractivity contribution in [2.75, 3.05) is 11.9 Å². The van der Waals surface area contributed by atoms with Crippen molar-refractivity contribution in [3.63, 3.8) is 0 Å². The third-order valence-corrected chi connectivity index (χ3v) is 4.25. The summed E-state index contributed by atoms with van der Waals surface area (Å²) in [5.41, 5.74) is 5.90. The Morgan fingerprint density at radius 3 is 2.94 bits per heavy atom. The molecule has 0 saturated heterocycles. The maximum Gasteiger partial charge on any atom is 0.138 e. The summed E-state index contributed by atoms with van der Waals surface area (Å²) < 4.78 is 0. The van der Waals surface area contributed by atoms with E-state index in [2.05, 4.69) is 35.2 Å². The molecule has 0 aliphatic heterocycles. The standard InChI is InChI=1S/C13H20N4S/c1-3-9(14)5-6-15-12-11-7-10(4-2)18-13(11)17-8-16-12/h7-9H,3-6,14H2,1-2H3,(H,15,16,17). The lowest BCUT2D eigenvalue weighted by molar-refractivity contribution is 0.613. The molecule has 18 heavy (non-hydrogen) atoms. The van der Waals surface area contributed by atoms with Crippen molar-refractivity contribution in [2.45, 2.75) is 39.2 Å². The third kappa shape index (κ3) is 2.97. The summed E-state index contributed by atoms with van der Waals surface area (Å²) in [4.78, 5) is 11.0. The predicted octanol–water partition coefficient (Wildman–Crippen LogP) is 2.79. The number of aromatic nitrogens is 2. The molecule has 0 saturated carbocycles. The summed E-state index contributed by atoms with van der Waals surface area (Å²) in [5.74, 6) is 0.930. The quantitative estimate of drug-likeness (QED) is 0.842. The van der Waals surface area contributed by atoms with Gasteiger partial charge in [-0.1, -0.05) is 13.8 Å². The van der Waals surface area contributed by atoms with E-state index < -0.39 is 0 Å². The summed E-state index contributed by atoms with van der Waals surface area (Å²) >= 11 is 1.74. The van der Waals surface area contributed by atoms with Crippen LogP contribution in [0.2, 0.25) is 0 Å². The minimum Gasteiger partial charge on any atom is -0.369 e. The molecule has 5 heteroatoms. The Morgan fingerprint density at radius 2 is 2.22 bits per heavy atom. The fraction of sp³-hybridized carbons (Fsp3) is 0.538. The number of nitrogens with two attached hydrogens (primary N) is 1. The van der Waals surface area contributed by atoms with E-state index in [9.17, 15) is 0 Å². The largest absolute Gasteiger partial charge is 0.369 e. The van der Waals surface area contributed by atoms with Crippen LogP contribution in [0.15, 0.2) is 12.4 Å². The molecule has 0 spiro atoms. The zero-order chi connectivity index (χ0) is 13.0. The molecule has 0 fully saturated rings. The van der Waals surface area contributed by atoms with Crippen molar-refractivity contribution in [2.24, 2.45) is 5.73 Å². The van der Waals surface area contributed by atoms with Crippen molar-refractivity contribution in [3.8, 4) is 0 Å². The topological polar surface area (TPSA) is 63.8 Å². The number of fused-ring (bicyclic) bond motifs is 1. The van der Waals surface area contributed by atoms with Gasteiger partial charge in [-0.15, -0.1) is 11.3 Å². The second-order valence-electron chi connectivity index (χ2n) is 4.39. The molecule has 2 aromatic rings. The Labute approximate surface area is 112 Å². The average Bonchev–Trinajstić information content (AvgIpc) is 2.82. The first kappa shape index (κ1) is 13.2. The molecule has 0 bridgehead atoms. The number of thiophene rings is 1.